The summed E-state index contributed by atoms with van der Waals surface area (Å²) in [4.78, 5) is 26.9. The summed E-state index contributed by atoms with van der Waals surface area (Å²) in [6, 6.07) is 6.16. The Morgan fingerprint density at radius 2 is 2.00 bits per heavy atom. The summed E-state index contributed by atoms with van der Waals surface area (Å²) in [5.74, 6) is 0.496. The third-order valence-corrected chi connectivity index (χ3v) is 5.11. The summed E-state index contributed by atoms with van der Waals surface area (Å²) in [6.07, 6.45) is 3.13. The van der Waals surface area contributed by atoms with E-state index in [0.29, 0.717) is 24.5 Å². The molecule has 0 spiro atoms. The van der Waals surface area contributed by atoms with Crippen LogP contribution in [0.25, 0.3) is 0 Å². The average Bonchev–Trinajstić information content (AvgIpc) is 3.40. The number of carbonyl (C=O) groups excluding carboxylic acids is 2. The van der Waals surface area contributed by atoms with Crippen molar-refractivity contribution in [3.8, 4) is 0 Å². The Bertz CT molecular complexity index is 707. The Balaban J connectivity index is 1.87. The van der Waals surface area contributed by atoms with Gasteiger partial charge in [0.25, 0.3) is 5.91 Å². The number of benzene rings is 1. The summed E-state index contributed by atoms with van der Waals surface area (Å²) in [6.45, 7) is 6.03. The molecule has 1 fully saturated rings. The van der Waals surface area contributed by atoms with E-state index in [4.69, 9.17) is 0 Å². The second kappa shape index (κ2) is 6.38. The van der Waals surface area contributed by atoms with E-state index < -0.39 is 0 Å². The van der Waals surface area contributed by atoms with Crippen molar-refractivity contribution in [1.82, 2.24) is 4.90 Å². The van der Waals surface area contributed by atoms with Gasteiger partial charge in [-0.1, -0.05) is 12.1 Å². The summed E-state index contributed by atoms with van der Waals surface area (Å²) in [5, 5.41) is 5.84. The molecule has 0 bridgehead atoms. The quantitative estimate of drug-likeness (QED) is 0.853. The molecular formula is C19H25N3O2. The molecule has 1 unspecified atom stereocenters. The number of hydrazone groups is 1. The van der Waals surface area contributed by atoms with E-state index in [0.717, 1.165) is 16.8 Å². The van der Waals surface area contributed by atoms with Gasteiger partial charge in [0.15, 0.2) is 0 Å². The minimum absolute atomic E-state index is 0.0573. The fraction of sp³-hybridized carbons (Fsp3) is 0.526. The van der Waals surface area contributed by atoms with E-state index >= 15 is 0 Å². The number of nitrogens with zero attached hydrogens (tertiary/aromatic N) is 3. The van der Waals surface area contributed by atoms with Crippen molar-refractivity contribution < 1.29 is 9.59 Å². The predicted octanol–water partition coefficient (Wildman–Crippen LogP) is 3.04. The molecule has 1 aromatic carbocycles. The SMILES string of the molecule is Cc1ccc(C)c(N2N=C(C(=O)N(C)C(C)C3CC3)CCC2=O)c1. The van der Waals surface area contributed by atoms with Crippen molar-refractivity contribution in [3.05, 3.63) is 29.3 Å². The summed E-state index contributed by atoms with van der Waals surface area (Å²) in [7, 11) is 1.84. The molecule has 3 rings (SSSR count). The number of rotatable bonds is 4. The number of amides is 2. The third-order valence-electron chi connectivity index (χ3n) is 5.11. The Hall–Kier alpha value is -2.17. The minimum Gasteiger partial charge on any atom is -0.338 e. The second-order valence-electron chi connectivity index (χ2n) is 7.04. The molecule has 1 saturated carbocycles. The van der Waals surface area contributed by atoms with Crippen LogP contribution in [0.1, 0.15) is 43.7 Å². The fourth-order valence-electron chi connectivity index (χ4n) is 3.13. The molecule has 1 atom stereocenters. The highest BCUT2D eigenvalue weighted by Crippen LogP contribution is 2.35. The van der Waals surface area contributed by atoms with E-state index in [2.05, 4.69) is 12.0 Å². The highest BCUT2D eigenvalue weighted by molar-refractivity contribution is 6.40. The summed E-state index contributed by atoms with van der Waals surface area (Å²) >= 11 is 0. The van der Waals surface area contributed by atoms with Crippen LogP contribution in [0, 0.1) is 19.8 Å². The van der Waals surface area contributed by atoms with Gasteiger partial charge in [-0.3, -0.25) is 9.59 Å². The molecule has 0 radical (unpaired) electrons. The van der Waals surface area contributed by atoms with Crippen LogP contribution in [-0.2, 0) is 9.59 Å². The molecule has 2 aliphatic rings. The van der Waals surface area contributed by atoms with Gasteiger partial charge in [0.1, 0.15) is 5.71 Å². The van der Waals surface area contributed by atoms with Crippen LogP contribution in [0.5, 0.6) is 0 Å². The lowest BCUT2D eigenvalue weighted by atomic mass is 10.1. The zero-order chi connectivity index (χ0) is 17.4. The maximum atomic E-state index is 12.8. The Labute approximate surface area is 143 Å². The lowest BCUT2D eigenvalue weighted by molar-refractivity contribution is -0.125. The molecular weight excluding hydrogens is 302 g/mol. The van der Waals surface area contributed by atoms with E-state index in [-0.39, 0.29) is 17.9 Å². The molecule has 1 aliphatic carbocycles. The largest absolute Gasteiger partial charge is 0.338 e. The third kappa shape index (κ3) is 3.21. The van der Waals surface area contributed by atoms with Crippen LogP contribution in [0.3, 0.4) is 0 Å². The van der Waals surface area contributed by atoms with E-state index in [1.54, 1.807) is 4.90 Å². The Morgan fingerprint density at radius 3 is 2.67 bits per heavy atom. The maximum Gasteiger partial charge on any atom is 0.270 e. The van der Waals surface area contributed by atoms with E-state index in [1.807, 2.05) is 39.1 Å². The topological polar surface area (TPSA) is 53.0 Å². The van der Waals surface area contributed by atoms with Gasteiger partial charge in [0.2, 0.25) is 5.91 Å². The number of hydrogen-bond donors (Lipinski definition) is 0. The van der Waals surface area contributed by atoms with Crippen molar-refractivity contribution in [1.29, 1.82) is 0 Å². The first-order valence-corrected chi connectivity index (χ1v) is 8.63. The van der Waals surface area contributed by atoms with Crippen molar-refractivity contribution in [2.45, 2.75) is 52.5 Å². The number of anilines is 1. The van der Waals surface area contributed by atoms with Crippen molar-refractivity contribution in [2.75, 3.05) is 12.1 Å². The monoisotopic (exact) mass is 327 g/mol. The van der Waals surface area contributed by atoms with Crippen molar-refractivity contribution in [3.63, 3.8) is 0 Å². The van der Waals surface area contributed by atoms with Crippen molar-refractivity contribution in [2.24, 2.45) is 11.0 Å². The Morgan fingerprint density at radius 1 is 1.29 bits per heavy atom. The van der Waals surface area contributed by atoms with Gasteiger partial charge in [-0.05, 0) is 56.7 Å². The molecule has 5 heteroatoms. The van der Waals surface area contributed by atoms with Crippen LogP contribution in [0.15, 0.2) is 23.3 Å². The van der Waals surface area contributed by atoms with Gasteiger partial charge in [-0.25, -0.2) is 5.01 Å². The minimum atomic E-state index is -0.0581. The second-order valence-corrected chi connectivity index (χ2v) is 7.04. The predicted molar refractivity (Wildman–Crippen MR) is 95.0 cm³/mol. The highest BCUT2D eigenvalue weighted by Gasteiger charge is 2.35. The van der Waals surface area contributed by atoms with Gasteiger partial charge in [0, 0.05) is 25.9 Å². The molecule has 5 nitrogen and oxygen atoms in total. The lowest BCUT2D eigenvalue weighted by Crippen LogP contribution is -2.44. The van der Waals surface area contributed by atoms with Crippen LogP contribution >= 0.6 is 0 Å². The molecule has 1 aliphatic heterocycles. The zero-order valence-corrected chi connectivity index (χ0v) is 14.9. The first-order chi connectivity index (χ1) is 11.4. The molecule has 128 valence electrons. The van der Waals surface area contributed by atoms with Crippen LogP contribution in [-0.4, -0.2) is 35.5 Å². The molecule has 0 aromatic heterocycles. The van der Waals surface area contributed by atoms with E-state index in [9.17, 15) is 9.59 Å². The lowest BCUT2D eigenvalue weighted by Gasteiger charge is -2.29. The van der Waals surface area contributed by atoms with Crippen LogP contribution in [0.4, 0.5) is 5.69 Å². The fourth-order valence-corrected chi connectivity index (χ4v) is 3.13. The van der Waals surface area contributed by atoms with Gasteiger partial charge >= 0.3 is 0 Å². The molecule has 0 saturated heterocycles. The first kappa shape index (κ1) is 16.7. The average molecular weight is 327 g/mol. The van der Waals surface area contributed by atoms with E-state index in [1.165, 1.54) is 17.9 Å². The maximum absolute atomic E-state index is 12.8. The molecule has 0 N–H and O–H groups in total. The normalized spacial score (nSPS) is 19.1. The number of carbonyl (C=O) groups is 2. The van der Waals surface area contributed by atoms with Gasteiger partial charge < -0.3 is 4.90 Å². The number of aryl methyl sites for hydroxylation is 2. The molecule has 1 aromatic rings. The zero-order valence-electron chi connectivity index (χ0n) is 14.9. The summed E-state index contributed by atoms with van der Waals surface area (Å²) < 4.78 is 0. The smallest absolute Gasteiger partial charge is 0.270 e. The molecule has 1 heterocycles. The standard InChI is InChI=1S/C19H25N3O2/c1-12-5-6-13(2)17(11-12)22-18(23)10-9-16(20-22)19(24)21(4)14(3)15-7-8-15/h5-6,11,14-15H,7-10H2,1-4H3. The van der Waals surface area contributed by atoms with Gasteiger partial charge in [-0.2, -0.15) is 5.10 Å². The van der Waals surface area contributed by atoms with Crippen molar-refractivity contribution >= 4 is 23.2 Å². The summed E-state index contributed by atoms with van der Waals surface area (Å²) in [5.41, 5.74) is 3.29. The van der Waals surface area contributed by atoms with Gasteiger partial charge in [-0.15, -0.1) is 0 Å². The first-order valence-electron chi connectivity index (χ1n) is 8.63. The molecule has 24 heavy (non-hydrogen) atoms. The van der Waals surface area contributed by atoms with Gasteiger partial charge in [0.05, 0.1) is 5.69 Å². The Kier molecular flexibility index (Phi) is 4.43. The molecule has 2 amide bonds. The number of hydrogen-bond acceptors (Lipinski definition) is 3. The van der Waals surface area contributed by atoms with Crippen LogP contribution in [0.2, 0.25) is 0 Å². The van der Waals surface area contributed by atoms with Crippen LogP contribution < -0.4 is 5.01 Å². The highest BCUT2D eigenvalue weighted by atomic mass is 16.2.